The molecule has 1 amide bonds. The summed E-state index contributed by atoms with van der Waals surface area (Å²) < 4.78 is 5.21. The molecule has 3 aromatic heterocycles. The maximum atomic E-state index is 12.8. The van der Waals surface area contributed by atoms with E-state index in [-0.39, 0.29) is 5.92 Å². The van der Waals surface area contributed by atoms with Crippen LogP contribution in [0.25, 0.3) is 22.7 Å². The Bertz CT molecular complexity index is 1060. The lowest BCUT2D eigenvalue weighted by Gasteiger charge is -2.34. The first-order valence-electron chi connectivity index (χ1n) is 10.6. The zero-order chi connectivity index (χ0) is 20.5. The van der Waals surface area contributed by atoms with Crippen molar-refractivity contribution in [3.8, 4) is 17.4 Å². The lowest BCUT2D eigenvalue weighted by Crippen LogP contribution is -2.44. The zero-order valence-electron chi connectivity index (χ0n) is 17.2. The predicted octanol–water partition coefficient (Wildman–Crippen LogP) is 2.87. The highest BCUT2D eigenvalue weighted by molar-refractivity contribution is 5.80. The first-order chi connectivity index (χ1) is 14.7. The van der Waals surface area contributed by atoms with E-state index >= 15 is 0 Å². The molecule has 0 bridgehead atoms. The van der Waals surface area contributed by atoms with Crippen LogP contribution in [0.15, 0.2) is 30.3 Å². The summed E-state index contributed by atoms with van der Waals surface area (Å²) in [5.41, 5.74) is 2.23. The van der Waals surface area contributed by atoms with Gasteiger partial charge in [0.15, 0.2) is 11.5 Å². The second-order valence-corrected chi connectivity index (χ2v) is 8.01. The number of aromatic amines is 1. The molecule has 0 radical (unpaired) electrons. The van der Waals surface area contributed by atoms with Crippen LogP contribution >= 0.6 is 0 Å². The van der Waals surface area contributed by atoms with E-state index in [4.69, 9.17) is 9.72 Å². The zero-order valence-corrected chi connectivity index (χ0v) is 17.2. The van der Waals surface area contributed by atoms with Gasteiger partial charge in [0.1, 0.15) is 11.5 Å². The summed E-state index contributed by atoms with van der Waals surface area (Å²) >= 11 is 0. The summed E-state index contributed by atoms with van der Waals surface area (Å²) in [6, 6.07) is 9.59. The molecule has 1 unspecified atom stereocenters. The summed E-state index contributed by atoms with van der Waals surface area (Å²) in [4.78, 5) is 34.3. The summed E-state index contributed by atoms with van der Waals surface area (Å²) in [6.45, 7) is 3.46. The second kappa shape index (κ2) is 7.93. The third-order valence-corrected chi connectivity index (χ3v) is 6.02. The van der Waals surface area contributed by atoms with Crippen LogP contribution < -0.4 is 9.64 Å². The van der Waals surface area contributed by atoms with Crippen molar-refractivity contribution in [2.75, 3.05) is 38.2 Å². The number of likely N-dealkylation sites (tertiary alicyclic amines) is 1. The molecule has 3 aromatic rings. The topological polar surface area (TPSA) is 87.2 Å². The van der Waals surface area contributed by atoms with Crippen LogP contribution in [0.1, 0.15) is 25.7 Å². The molecule has 8 heteroatoms. The van der Waals surface area contributed by atoms with Gasteiger partial charge in [0, 0.05) is 32.2 Å². The highest BCUT2D eigenvalue weighted by Crippen LogP contribution is 2.27. The lowest BCUT2D eigenvalue weighted by atomic mass is 9.96. The van der Waals surface area contributed by atoms with Gasteiger partial charge in [-0.3, -0.25) is 4.79 Å². The number of pyridine rings is 2. The van der Waals surface area contributed by atoms with E-state index in [2.05, 4.69) is 19.9 Å². The molecule has 2 fully saturated rings. The van der Waals surface area contributed by atoms with Crippen LogP contribution in [0.2, 0.25) is 0 Å². The molecular formula is C22H26N6O2. The van der Waals surface area contributed by atoms with E-state index < -0.39 is 0 Å². The minimum atomic E-state index is 0.0603. The maximum absolute atomic E-state index is 12.8. The molecule has 5 rings (SSSR count). The Labute approximate surface area is 175 Å². The molecule has 0 spiro atoms. The summed E-state index contributed by atoms with van der Waals surface area (Å²) in [5, 5.41) is 0. The molecule has 0 aliphatic carbocycles. The van der Waals surface area contributed by atoms with Gasteiger partial charge in [-0.1, -0.05) is 6.07 Å². The monoisotopic (exact) mass is 406 g/mol. The third-order valence-electron chi connectivity index (χ3n) is 6.02. The number of anilines is 1. The largest absolute Gasteiger partial charge is 0.481 e. The Morgan fingerprint density at radius 2 is 1.93 bits per heavy atom. The molecule has 156 valence electrons. The average Bonchev–Trinajstić information content (AvgIpc) is 3.48. The van der Waals surface area contributed by atoms with Crippen molar-refractivity contribution in [2.45, 2.75) is 25.7 Å². The average molecular weight is 406 g/mol. The van der Waals surface area contributed by atoms with Gasteiger partial charge < -0.3 is 19.5 Å². The Kier molecular flexibility index (Phi) is 4.98. The fourth-order valence-electron chi connectivity index (χ4n) is 4.42. The van der Waals surface area contributed by atoms with Gasteiger partial charge in [-0.25, -0.2) is 15.0 Å². The van der Waals surface area contributed by atoms with Crippen molar-refractivity contribution in [1.29, 1.82) is 0 Å². The smallest absolute Gasteiger partial charge is 0.227 e. The molecule has 2 saturated heterocycles. The number of nitrogens with one attached hydrogen (secondary N) is 1. The molecule has 5 heterocycles. The van der Waals surface area contributed by atoms with E-state index in [0.29, 0.717) is 29.0 Å². The molecule has 0 saturated carbocycles. The van der Waals surface area contributed by atoms with E-state index in [9.17, 15) is 4.79 Å². The number of carbonyl (C=O) groups is 1. The van der Waals surface area contributed by atoms with Crippen molar-refractivity contribution in [3.63, 3.8) is 0 Å². The number of rotatable bonds is 4. The van der Waals surface area contributed by atoms with Crippen molar-refractivity contribution >= 4 is 22.9 Å². The molecule has 2 aliphatic rings. The number of H-pyrrole nitrogens is 1. The second-order valence-electron chi connectivity index (χ2n) is 8.01. The summed E-state index contributed by atoms with van der Waals surface area (Å²) in [6.07, 6.45) is 4.22. The Morgan fingerprint density at radius 1 is 1.07 bits per heavy atom. The number of carbonyl (C=O) groups excluding carboxylic acids is 1. The summed E-state index contributed by atoms with van der Waals surface area (Å²) in [7, 11) is 1.60. The summed E-state index contributed by atoms with van der Waals surface area (Å²) in [5.74, 6) is 2.45. The predicted molar refractivity (Wildman–Crippen MR) is 114 cm³/mol. The van der Waals surface area contributed by atoms with Gasteiger partial charge in [-0.15, -0.1) is 0 Å². The van der Waals surface area contributed by atoms with Crippen LogP contribution in [0.4, 0.5) is 5.82 Å². The minimum absolute atomic E-state index is 0.0603. The lowest BCUT2D eigenvalue weighted by molar-refractivity contribution is -0.134. The normalized spacial score (nSPS) is 19.4. The van der Waals surface area contributed by atoms with Crippen LogP contribution in [0, 0.1) is 5.92 Å². The minimum Gasteiger partial charge on any atom is -0.481 e. The number of methoxy groups -OCH3 is 1. The van der Waals surface area contributed by atoms with Gasteiger partial charge in [-0.05, 0) is 43.9 Å². The number of hydrogen-bond acceptors (Lipinski definition) is 6. The van der Waals surface area contributed by atoms with Crippen molar-refractivity contribution < 1.29 is 9.53 Å². The van der Waals surface area contributed by atoms with Gasteiger partial charge in [0.05, 0.1) is 18.5 Å². The number of aromatic nitrogens is 4. The van der Waals surface area contributed by atoms with Gasteiger partial charge in [-0.2, -0.15) is 0 Å². The third kappa shape index (κ3) is 3.58. The van der Waals surface area contributed by atoms with Crippen LogP contribution in [-0.4, -0.2) is 64.0 Å². The number of piperidine rings is 1. The standard InChI is InChI=1S/C22H26N6O2/c1-30-19-8-4-7-16(23-19)20-24-17-9-10-18(25-21(17)26-20)28-13-5-6-15(14-28)22(29)27-11-2-3-12-27/h4,7-10,15H,2-3,5-6,11-14H2,1H3,(H,24,25,26). The number of imidazole rings is 1. The molecule has 8 nitrogen and oxygen atoms in total. The Morgan fingerprint density at radius 3 is 2.77 bits per heavy atom. The fraction of sp³-hybridized carbons (Fsp3) is 0.455. The molecule has 2 aliphatic heterocycles. The SMILES string of the molecule is COc1cccc(-c2nc3nc(N4CCCC(C(=O)N5CCCC5)C4)ccc3[nH]2)n1. The first-order valence-corrected chi connectivity index (χ1v) is 10.6. The molecule has 1 atom stereocenters. The fourth-order valence-corrected chi connectivity index (χ4v) is 4.42. The number of nitrogens with zero attached hydrogens (tertiary/aromatic N) is 5. The number of fused-ring (bicyclic) bond motifs is 1. The maximum Gasteiger partial charge on any atom is 0.227 e. The van der Waals surface area contributed by atoms with Gasteiger partial charge in [0.2, 0.25) is 11.8 Å². The van der Waals surface area contributed by atoms with E-state index in [1.54, 1.807) is 13.2 Å². The van der Waals surface area contributed by atoms with E-state index in [1.807, 2.05) is 29.2 Å². The molecule has 30 heavy (non-hydrogen) atoms. The Hall–Kier alpha value is -3.16. The highest BCUT2D eigenvalue weighted by Gasteiger charge is 2.31. The highest BCUT2D eigenvalue weighted by atomic mass is 16.5. The first kappa shape index (κ1) is 18.8. The number of ether oxygens (including phenoxy) is 1. The Balaban J connectivity index is 1.37. The van der Waals surface area contributed by atoms with Crippen LogP contribution in [0.3, 0.4) is 0 Å². The molecule has 0 aromatic carbocycles. The molecule has 1 N–H and O–H groups in total. The number of amides is 1. The molecular weight excluding hydrogens is 380 g/mol. The van der Waals surface area contributed by atoms with E-state index in [1.165, 1.54) is 0 Å². The number of hydrogen-bond donors (Lipinski definition) is 1. The van der Waals surface area contributed by atoms with Crippen molar-refractivity contribution in [1.82, 2.24) is 24.8 Å². The van der Waals surface area contributed by atoms with Gasteiger partial charge >= 0.3 is 0 Å². The van der Waals surface area contributed by atoms with Gasteiger partial charge in [0.25, 0.3) is 0 Å². The quantitative estimate of drug-likeness (QED) is 0.717. The van der Waals surface area contributed by atoms with Crippen LogP contribution in [0.5, 0.6) is 5.88 Å². The van der Waals surface area contributed by atoms with Crippen molar-refractivity contribution in [2.24, 2.45) is 5.92 Å². The van der Waals surface area contributed by atoms with E-state index in [0.717, 1.165) is 63.2 Å². The van der Waals surface area contributed by atoms with Crippen LogP contribution in [-0.2, 0) is 4.79 Å². The van der Waals surface area contributed by atoms with Crippen molar-refractivity contribution in [3.05, 3.63) is 30.3 Å².